The Morgan fingerprint density at radius 2 is 2.27 bits per heavy atom. The zero-order chi connectivity index (χ0) is 18.1. The number of fused-ring (bicyclic) bond motifs is 1. The molecule has 4 heterocycles. The molecule has 8 nitrogen and oxygen atoms in total. The Kier molecular flexibility index (Phi) is 4.42. The molecular weight excluding hydrogens is 332 g/mol. The number of hydrogen-bond donors (Lipinski definition) is 1. The fourth-order valence-electron chi connectivity index (χ4n) is 3.63. The summed E-state index contributed by atoms with van der Waals surface area (Å²) in [7, 11) is 0. The number of amides is 1. The number of hydrogen-bond acceptors (Lipinski definition) is 5. The molecule has 3 aromatic heterocycles. The molecule has 26 heavy (non-hydrogen) atoms. The zero-order valence-electron chi connectivity index (χ0n) is 14.7. The molecule has 136 valence electrons. The Bertz CT molecular complexity index is 931. The number of imidazole rings is 1. The molecule has 0 aliphatic carbocycles. The minimum Gasteiger partial charge on any atom is -0.394 e. The van der Waals surface area contributed by atoms with E-state index < -0.39 is 0 Å². The fourth-order valence-corrected chi connectivity index (χ4v) is 3.63. The molecule has 3 aromatic rings. The SMILES string of the molecule is Cc1nc2ncccn2c1C(=O)N1CCCC(c2ccn(CCO)n2)C1. The smallest absolute Gasteiger partial charge is 0.272 e. The van der Waals surface area contributed by atoms with Crippen LogP contribution in [0.4, 0.5) is 0 Å². The van der Waals surface area contributed by atoms with Crippen molar-refractivity contribution in [3.63, 3.8) is 0 Å². The van der Waals surface area contributed by atoms with Gasteiger partial charge in [-0.15, -0.1) is 0 Å². The van der Waals surface area contributed by atoms with E-state index in [1.54, 1.807) is 21.3 Å². The number of likely N-dealkylation sites (tertiary alicyclic amines) is 1. The van der Waals surface area contributed by atoms with Gasteiger partial charge in [-0.1, -0.05) is 0 Å². The summed E-state index contributed by atoms with van der Waals surface area (Å²) in [6.07, 6.45) is 7.33. The van der Waals surface area contributed by atoms with Crippen LogP contribution in [-0.4, -0.2) is 59.8 Å². The summed E-state index contributed by atoms with van der Waals surface area (Å²) in [6, 6.07) is 3.79. The van der Waals surface area contributed by atoms with Crippen molar-refractivity contribution in [3.8, 4) is 0 Å². The summed E-state index contributed by atoms with van der Waals surface area (Å²) < 4.78 is 3.51. The Hall–Kier alpha value is -2.74. The third-order valence-electron chi connectivity index (χ3n) is 4.90. The quantitative estimate of drug-likeness (QED) is 0.762. The second-order valence-corrected chi connectivity index (χ2v) is 6.65. The van der Waals surface area contributed by atoms with Crippen LogP contribution in [0.3, 0.4) is 0 Å². The molecule has 1 aliphatic heterocycles. The second kappa shape index (κ2) is 6.87. The maximum atomic E-state index is 13.2. The lowest BCUT2D eigenvalue weighted by atomic mass is 9.94. The van der Waals surface area contributed by atoms with Gasteiger partial charge in [-0.2, -0.15) is 5.10 Å². The van der Waals surface area contributed by atoms with Crippen LogP contribution in [0.15, 0.2) is 30.7 Å². The Morgan fingerprint density at radius 1 is 1.38 bits per heavy atom. The van der Waals surface area contributed by atoms with Gasteiger partial charge in [-0.25, -0.2) is 9.97 Å². The highest BCUT2D eigenvalue weighted by atomic mass is 16.3. The van der Waals surface area contributed by atoms with Crippen molar-refractivity contribution < 1.29 is 9.90 Å². The van der Waals surface area contributed by atoms with Crippen LogP contribution < -0.4 is 0 Å². The molecule has 1 aliphatic rings. The Labute approximate surface area is 151 Å². The van der Waals surface area contributed by atoms with E-state index in [9.17, 15) is 4.79 Å². The number of aliphatic hydroxyl groups is 1. The predicted molar refractivity (Wildman–Crippen MR) is 94.9 cm³/mol. The van der Waals surface area contributed by atoms with E-state index in [1.165, 1.54) is 0 Å². The number of aromatic nitrogens is 5. The van der Waals surface area contributed by atoms with Gasteiger partial charge < -0.3 is 10.0 Å². The molecule has 0 bridgehead atoms. The molecule has 8 heteroatoms. The van der Waals surface area contributed by atoms with Crippen LogP contribution in [0, 0.1) is 6.92 Å². The van der Waals surface area contributed by atoms with Gasteiger partial charge in [0, 0.05) is 37.6 Å². The number of piperidine rings is 1. The van der Waals surface area contributed by atoms with E-state index in [0.29, 0.717) is 30.3 Å². The number of carbonyl (C=O) groups is 1. The molecule has 1 atom stereocenters. The Balaban J connectivity index is 1.57. The maximum absolute atomic E-state index is 13.2. The highest BCUT2D eigenvalue weighted by Crippen LogP contribution is 2.27. The molecule has 0 spiro atoms. The minimum absolute atomic E-state index is 0.0116. The van der Waals surface area contributed by atoms with Crippen LogP contribution in [0.25, 0.3) is 5.78 Å². The van der Waals surface area contributed by atoms with E-state index in [2.05, 4.69) is 15.1 Å². The first-order valence-corrected chi connectivity index (χ1v) is 8.90. The molecule has 0 aromatic carbocycles. The first kappa shape index (κ1) is 16.7. The predicted octanol–water partition coefficient (Wildman–Crippen LogP) is 1.25. The van der Waals surface area contributed by atoms with Crippen molar-refractivity contribution in [3.05, 3.63) is 47.8 Å². The van der Waals surface area contributed by atoms with Crippen molar-refractivity contribution >= 4 is 11.7 Å². The van der Waals surface area contributed by atoms with Gasteiger partial charge >= 0.3 is 0 Å². The second-order valence-electron chi connectivity index (χ2n) is 6.65. The number of aryl methyl sites for hydroxylation is 1. The highest BCUT2D eigenvalue weighted by Gasteiger charge is 2.29. The summed E-state index contributed by atoms with van der Waals surface area (Å²) in [5, 5.41) is 13.6. The van der Waals surface area contributed by atoms with E-state index in [0.717, 1.165) is 25.1 Å². The first-order chi connectivity index (χ1) is 12.7. The highest BCUT2D eigenvalue weighted by molar-refractivity contribution is 5.94. The number of rotatable bonds is 4. The minimum atomic E-state index is -0.0116. The van der Waals surface area contributed by atoms with Crippen molar-refractivity contribution in [2.75, 3.05) is 19.7 Å². The summed E-state index contributed by atoms with van der Waals surface area (Å²) in [6.45, 7) is 3.78. The molecule has 1 N–H and O–H groups in total. The lowest BCUT2D eigenvalue weighted by Gasteiger charge is -2.32. The molecule has 0 radical (unpaired) electrons. The molecule has 0 saturated carbocycles. The van der Waals surface area contributed by atoms with Crippen molar-refractivity contribution in [1.29, 1.82) is 0 Å². The van der Waals surface area contributed by atoms with Crippen molar-refractivity contribution in [2.45, 2.75) is 32.2 Å². The van der Waals surface area contributed by atoms with Gasteiger partial charge in [0.15, 0.2) is 0 Å². The van der Waals surface area contributed by atoms with Crippen LogP contribution in [0.2, 0.25) is 0 Å². The normalized spacial score (nSPS) is 17.8. The molecule has 1 unspecified atom stereocenters. The lowest BCUT2D eigenvalue weighted by Crippen LogP contribution is -2.40. The summed E-state index contributed by atoms with van der Waals surface area (Å²) in [5.74, 6) is 0.748. The third-order valence-corrected chi connectivity index (χ3v) is 4.90. The van der Waals surface area contributed by atoms with Gasteiger partial charge in [0.25, 0.3) is 5.91 Å². The van der Waals surface area contributed by atoms with E-state index >= 15 is 0 Å². The summed E-state index contributed by atoms with van der Waals surface area (Å²) in [5.41, 5.74) is 2.26. The van der Waals surface area contributed by atoms with E-state index in [-0.39, 0.29) is 18.4 Å². The Morgan fingerprint density at radius 3 is 3.12 bits per heavy atom. The average molecular weight is 354 g/mol. The average Bonchev–Trinajstić information content (AvgIpc) is 3.25. The zero-order valence-corrected chi connectivity index (χ0v) is 14.7. The number of nitrogens with zero attached hydrogens (tertiary/aromatic N) is 6. The topological polar surface area (TPSA) is 88.6 Å². The monoisotopic (exact) mass is 354 g/mol. The van der Waals surface area contributed by atoms with Crippen molar-refractivity contribution in [1.82, 2.24) is 29.0 Å². The van der Waals surface area contributed by atoms with Gasteiger partial charge in [0.1, 0.15) is 5.69 Å². The molecular formula is C18H22N6O2. The summed E-state index contributed by atoms with van der Waals surface area (Å²) in [4.78, 5) is 23.7. The van der Waals surface area contributed by atoms with Gasteiger partial charge in [0.05, 0.1) is 24.5 Å². The number of aliphatic hydroxyl groups excluding tert-OH is 1. The van der Waals surface area contributed by atoms with Gasteiger partial charge in [0.2, 0.25) is 5.78 Å². The molecule has 4 rings (SSSR count). The number of carbonyl (C=O) groups excluding carboxylic acids is 1. The van der Waals surface area contributed by atoms with E-state index in [4.69, 9.17) is 5.11 Å². The first-order valence-electron chi connectivity index (χ1n) is 8.90. The van der Waals surface area contributed by atoms with Gasteiger partial charge in [-0.05, 0) is 31.9 Å². The molecule has 1 amide bonds. The van der Waals surface area contributed by atoms with Crippen LogP contribution in [0.5, 0.6) is 0 Å². The maximum Gasteiger partial charge on any atom is 0.272 e. The van der Waals surface area contributed by atoms with Crippen LogP contribution in [-0.2, 0) is 6.54 Å². The van der Waals surface area contributed by atoms with Crippen LogP contribution in [0.1, 0.15) is 40.6 Å². The molecule has 1 saturated heterocycles. The fraction of sp³-hybridized carbons (Fsp3) is 0.444. The van der Waals surface area contributed by atoms with Crippen LogP contribution >= 0.6 is 0 Å². The third kappa shape index (κ3) is 2.96. The molecule has 1 fully saturated rings. The summed E-state index contributed by atoms with van der Waals surface area (Å²) >= 11 is 0. The lowest BCUT2D eigenvalue weighted by molar-refractivity contribution is 0.0697. The van der Waals surface area contributed by atoms with Gasteiger partial charge in [-0.3, -0.25) is 13.9 Å². The largest absolute Gasteiger partial charge is 0.394 e. The van der Waals surface area contributed by atoms with Crippen molar-refractivity contribution in [2.24, 2.45) is 0 Å². The standard InChI is InChI=1S/C18H22N6O2/c1-13-16(24-8-3-6-19-18(24)20-13)17(26)22-7-2-4-14(12-22)15-5-9-23(21-15)10-11-25/h3,5-6,8-9,14,25H,2,4,7,10-12H2,1H3. The van der Waals surface area contributed by atoms with E-state index in [1.807, 2.05) is 30.3 Å².